The fourth-order valence-corrected chi connectivity index (χ4v) is 2.01. The highest BCUT2D eigenvalue weighted by molar-refractivity contribution is 5.31. The van der Waals surface area contributed by atoms with Gasteiger partial charge in [-0.1, -0.05) is 18.2 Å². The van der Waals surface area contributed by atoms with Gasteiger partial charge in [-0.15, -0.1) is 11.8 Å². The molecule has 0 bridgehead atoms. The van der Waals surface area contributed by atoms with Crippen molar-refractivity contribution < 1.29 is 0 Å². The molecule has 20 heavy (non-hydrogen) atoms. The number of aromatic nitrogens is 2. The molecule has 0 saturated heterocycles. The Balaban J connectivity index is 2.03. The Morgan fingerprint density at radius 2 is 2.15 bits per heavy atom. The predicted molar refractivity (Wildman–Crippen MR) is 81.4 cm³/mol. The normalized spacial score (nSPS) is 11.7. The van der Waals surface area contributed by atoms with Crippen LogP contribution in [0.1, 0.15) is 24.9 Å². The Hall–Kier alpha value is -2.09. The van der Waals surface area contributed by atoms with Crippen molar-refractivity contribution in [2.45, 2.75) is 19.4 Å². The van der Waals surface area contributed by atoms with Gasteiger partial charge in [0.05, 0.1) is 11.9 Å². The van der Waals surface area contributed by atoms with Gasteiger partial charge >= 0.3 is 0 Å². The van der Waals surface area contributed by atoms with Crippen molar-refractivity contribution in [2.24, 2.45) is 5.73 Å². The molecule has 0 spiro atoms. The lowest BCUT2D eigenvalue weighted by Gasteiger charge is -2.13. The largest absolute Gasteiger partial charge is 0.329 e. The average Bonchev–Trinajstić information content (AvgIpc) is 2.98. The maximum atomic E-state index is 5.83. The minimum Gasteiger partial charge on any atom is -0.329 e. The molecule has 0 aliphatic carbocycles. The molecular weight excluding hydrogens is 248 g/mol. The zero-order valence-electron chi connectivity index (χ0n) is 11.7. The van der Waals surface area contributed by atoms with E-state index in [9.17, 15) is 0 Å². The quantitative estimate of drug-likeness (QED) is 0.621. The molecular formula is C16H20N4. The van der Waals surface area contributed by atoms with Crippen LogP contribution in [0.25, 0.3) is 5.69 Å². The summed E-state index contributed by atoms with van der Waals surface area (Å²) < 4.78 is 1.87. The summed E-state index contributed by atoms with van der Waals surface area (Å²) >= 11 is 0. The lowest BCUT2D eigenvalue weighted by molar-refractivity contribution is 0.550. The standard InChI is InChI=1S/C16H20N4/c1-2-3-7-10-18-16(11-17)14-12-19-20(13-14)15-8-5-4-6-9-15/h4-6,8-9,12-13,16,18H,7,10-11,17H2,1H3. The molecule has 0 aliphatic rings. The number of hydrogen-bond donors (Lipinski definition) is 2. The van der Waals surface area contributed by atoms with Gasteiger partial charge in [0.25, 0.3) is 0 Å². The monoisotopic (exact) mass is 268 g/mol. The van der Waals surface area contributed by atoms with Gasteiger partial charge in [0, 0.05) is 37.3 Å². The number of nitrogens with zero attached hydrogens (tertiary/aromatic N) is 2. The summed E-state index contributed by atoms with van der Waals surface area (Å²) in [4.78, 5) is 0. The molecule has 0 fully saturated rings. The van der Waals surface area contributed by atoms with Gasteiger partial charge in [-0.25, -0.2) is 4.68 Å². The molecule has 2 rings (SSSR count). The van der Waals surface area contributed by atoms with E-state index in [1.54, 1.807) is 0 Å². The van der Waals surface area contributed by atoms with Gasteiger partial charge in [0.15, 0.2) is 0 Å². The van der Waals surface area contributed by atoms with Crippen molar-refractivity contribution in [3.8, 4) is 17.5 Å². The number of nitrogens with one attached hydrogen (secondary N) is 1. The van der Waals surface area contributed by atoms with Gasteiger partial charge < -0.3 is 11.1 Å². The molecule has 1 aromatic heterocycles. The second-order valence-corrected chi connectivity index (χ2v) is 4.47. The Kier molecular flexibility index (Phi) is 5.36. The van der Waals surface area contributed by atoms with Crippen LogP contribution in [0.4, 0.5) is 0 Å². The number of nitrogens with two attached hydrogens (primary N) is 1. The number of benzene rings is 1. The van der Waals surface area contributed by atoms with Crippen LogP contribution in [0.2, 0.25) is 0 Å². The second kappa shape index (κ2) is 7.49. The summed E-state index contributed by atoms with van der Waals surface area (Å²) in [6.07, 6.45) is 4.72. The first-order valence-electron chi connectivity index (χ1n) is 6.78. The highest BCUT2D eigenvalue weighted by atomic mass is 15.3. The van der Waals surface area contributed by atoms with Gasteiger partial charge in [0.1, 0.15) is 0 Å². The smallest absolute Gasteiger partial charge is 0.0645 e. The number of hydrogen-bond acceptors (Lipinski definition) is 3. The lowest BCUT2D eigenvalue weighted by Crippen LogP contribution is -2.28. The van der Waals surface area contributed by atoms with Crippen molar-refractivity contribution in [1.29, 1.82) is 0 Å². The topological polar surface area (TPSA) is 55.9 Å². The zero-order valence-corrected chi connectivity index (χ0v) is 11.7. The molecule has 104 valence electrons. The third kappa shape index (κ3) is 3.70. The highest BCUT2D eigenvalue weighted by Crippen LogP contribution is 2.13. The first kappa shape index (κ1) is 14.3. The first-order valence-corrected chi connectivity index (χ1v) is 6.78. The van der Waals surface area contributed by atoms with Gasteiger partial charge in [-0.3, -0.25) is 0 Å². The highest BCUT2D eigenvalue weighted by Gasteiger charge is 2.11. The Morgan fingerprint density at radius 3 is 2.85 bits per heavy atom. The van der Waals surface area contributed by atoms with Crippen LogP contribution in [-0.4, -0.2) is 22.9 Å². The van der Waals surface area contributed by atoms with Crippen LogP contribution in [-0.2, 0) is 0 Å². The lowest BCUT2D eigenvalue weighted by atomic mass is 10.1. The van der Waals surface area contributed by atoms with Crippen molar-refractivity contribution >= 4 is 0 Å². The van der Waals surface area contributed by atoms with E-state index >= 15 is 0 Å². The van der Waals surface area contributed by atoms with E-state index in [4.69, 9.17) is 5.73 Å². The van der Waals surface area contributed by atoms with E-state index in [-0.39, 0.29) is 6.04 Å². The van der Waals surface area contributed by atoms with Gasteiger partial charge in [-0.2, -0.15) is 5.10 Å². The fourth-order valence-electron chi connectivity index (χ4n) is 2.01. The summed E-state index contributed by atoms with van der Waals surface area (Å²) in [5.41, 5.74) is 7.98. The molecule has 4 heteroatoms. The molecule has 3 N–H and O–H groups in total. The zero-order chi connectivity index (χ0) is 14.2. The van der Waals surface area contributed by atoms with Crippen molar-refractivity contribution in [1.82, 2.24) is 15.1 Å². The van der Waals surface area contributed by atoms with E-state index in [1.165, 1.54) is 0 Å². The summed E-state index contributed by atoms with van der Waals surface area (Å²) in [6.45, 7) is 3.23. The Labute approximate surface area is 120 Å². The maximum absolute atomic E-state index is 5.83. The third-order valence-corrected chi connectivity index (χ3v) is 3.08. The van der Waals surface area contributed by atoms with Crippen LogP contribution in [0, 0.1) is 11.8 Å². The van der Waals surface area contributed by atoms with E-state index < -0.39 is 0 Å². The number of para-hydroxylation sites is 1. The second-order valence-electron chi connectivity index (χ2n) is 4.47. The summed E-state index contributed by atoms with van der Waals surface area (Å²) in [5.74, 6) is 5.92. The average molecular weight is 268 g/mol. The van der Waals surface area contributed by atoms with Crippen LogP contribution in [0.3, 0.4) is 0 Å². The van der Waals surface area contributed by atoms with Crippen LogP contribution >= 0.6 is 0 Å². The van der Waals surface area contributed by atoms with E-state index in [1.807, 2.05) is 54.3 Å². The van der Waals surface area contributed by atoms with E-state index in [0.29, 0.717) is 6.54 Å². The Morgan fingerprint density at radius 1 is 1.35 bits per heavy atom. The fraction of sp³-hybridized carbons (Fsp3) is 0.312. The third-order valence-electron chi connectivity index (χ3n) is 3.08. The number of rotatable bonds is 6. The van der Waals surface area contributed by atoms with Crippen molar-refractivity contribution in [3.05, 3.63) is 48.3 Å². The van der Waals surface area contributed by atoms with E-state index in [2.05, 4.69) is 22.3 Å². The maximum Gasteiger partial charge on any atom is 0.0645 e. The molecule has 1 heterocycles. The summed E-state index contributed by atoms with van der Waals surface area (Å²) in [5, 5.41) is 7.80. The van der Waals surface area contributed by atoms with Crippen molar-refractivity contribution in [3.63, 3.8) is 0 Å². The van der Waals surface area contributed by atoms with Crippen molar-refractivity contribution in [2.75, 3.05) is 13.1 Å². The Bertz CT molecular complexity index is 577. The van der Waals surface area contributed by atoms with Crippen LogP contribution in [0.15, 0.2) is 42.7 Å². The van der Waals surface area contributed by atoms with Gasteiger partial charge in [-0.05, 0) is 19.1 Å². The van der Waals surface area contributed by atoms with Crippen LogP contribution in [0.5, 0.6) is 0 Å². The predicted octanol–water partition coefficient (Wildman–Crippen LogP) is 1.88. The molecule has 1 atom stereocenters. The minimum absolute atomic E-state index is 0.117. The molecule has 4 nitrogen and oxygen atoms in total. The SMILES string of the molecule is CC#CCCNC(CN)c1cnn(-c2ccccc2)c1. The van der Waals surface area contributed by atoms with Crippen LogP contribution < -0.4 is 11.1 Å². The first-order chi connectivity index (χ1) is 9.85. The minimum atomic E-state index is 0.117. The summed E-state index contributed by atoms with van der Waals surface area (Å²) in [7, 11) is 0. The van der Waals surface area contributed by atoms with E-state index in [0.717, 1.165) is 24.2 Å². The molecule has 2 aromatic rings. The summed E-state index contributed by atoms with van der Waals surface area (Å²) in [6, 6.07) is 10.2. The molecule has 0 amide bonds. The molecule has 1 unspecified atom stereocenters. The molecule has 0 aliphatic heterocycles. The molecule has 1 aromatic carbocycles. The van der Waals surface area contributed by atoms with Gasteiger partial charge in [0.2, 0.25) is 0 Å². The molecule has 0 saturated carbocycles. The molecule has 0 radical (unpaired) electrons.